The summed E-state index contributed by atoms with van der Waals surface area (Å²) in [6, 6.07) is 4.29. The second kappa shape index (κ2) is 5.67. The Hall–Kier alpha value is -1.13. The molecule has 1 aromatic rings. The van der Waals surface area contributed by atoms with Crippen molar-refractivity contribution >= 4 is 0 Å². The van der Waals surface area contributed by atoms with Crippen LogP contribution in [0.3, 0.4) is 0 Å². The largest absolute Gasteiger partial charge is 0.490 e. The summed E-state index contributed by atoms with van der Waals surface area (Å²) in [4.78, 5) is 0. The van der Waals surface area contributed by atoms with E-state index in [9.17, 15) is 4.39 Å². The van der Waals surface area contributed by atoms with Crippen molar-refractivity contribution in [1.82, 2.24) is 0 Å². The van der Waals surface area contributed by atoms with Gasteiger partial charge in [0.1, 0.15) is 18.2 Å². The van der Waals surface area contributed by atoms with Crippen LogP contribution in [0, 0.1) is 5.82 Å². The average Bonchev–Trinajstić information content (AvgIpc) is 2.72. The third kappa shape index (κ3) is 3.21. The van der Waals surface area contributed by atoms with E-state index < -0.39 is 0 Å². The monoisotopic (exact) mass is 253 g/mol. The van der Waals surface area contributed by atoms with Gasteiger partial charge in [-0.25, -0.2) is 4.39 Å². The molecule has 2 N–H and O–H groups in total. The minimum Gasteiger partial charge on any atom is -0.490 e. The number of ether oxygens (including phenoxy) is 2. The molecule has 0 aromatic heterocycles. The molecule has 100 valence electrons. The number of halogens is 1. The minimum absolute atomic E-state index is 0.101. The van der Waals surface area contributed by atoms with Gasteiger partial charge in [0.25, 0.3) is 0 Å². The van der Waals surface area contributed by atoms with Crippen molar-refractivity contribution in [1.29, 1.82) is 0 Å². The molecule has 4 heteroatoms. The fraction of sp³-hybridized carbons (Fsp3) is 0.571. The predicted octanol–water partition coefficient (Wildman–Crippen LogP) is 2.79. The maximum absolute atomic E-state index is 13.2. The number of nitrogens with two attached hydrogens (primary N) is 1. The quantitative estimate of drug-likeness (QED) is 0.897. The summed E-state index contributed by atoms with van der Waals surface area (Å²) in [5.74, 6) is 0.211. The van der Waals surface area contributed by atoms with Gasteiger partial charge >= 0.3 is 0 Å². The fourth-order valence-corrected chi connectivity index (χ4v) is 2.20. The maximum atomic E-state index is 13.2. The van der Waals surface area contributed by atoms with Crippen molar-refractivity contribution in [2.75, 3.05) is 6.61 Å². The molecular formula is C14H20FNO2. The molecule has 0 aliphatic carbocycles. The summed E-state index contributed by atoms with van der Waals surface area (Å²) in [6.45, 7) is 4.36. The summed E-state index contributed by atoms with van der Waals surface area (Å²) in [6.07, 6.45) is 2.43. The van der Waals surface area contributed by atoms with Gasteiger partial charge in [0.2, 0.25) is 0 Å². The molecular weight excluding hydrogens is 233 g/mol. The molecule has 3 atom stereocenters. The highest BCUT2D eigenvalue weighted by Gasteiger charge is 2.22. The summed E-state index contributed by atoms with van der Waals surface area (Å²) in [5.41, 5.74) is 6.66. The summed E-state index contributed by atoms with van der Waals surface area (Å²) < 4.78 is 24.6. The molecule has 0 spiro atoms. The van der Waals surface area contributed by atoms with E-state index in [1.807, 2.05) is 6.92 Å². The third-order valence-electron chi connectivity index (χ3n) is 3.21. The molecule has 3 nitrogen and oxygen atoms in total. The molecule has 1 fully saturated rings. The van der Waals surface area contributed by atoms with Gasteiger partial charge in [-0.15, -0.1) is 0 Å². The van der Waals surface area contributed by atoms with Crippen molar-refractivity contribution in [3.05, 3.63) is 29.6 Å². The lowest BCUT2D eigenvalue weighted by atomic mass is 10.1. The van der Waals surface area contributed by atoms with Crippen LogP contribution in [0.25, 0.3) is 0 Å². The molecule has 0 amide bonds. The first-order valence-electron chi connectivity index (χ1n) is 6.39. The molecule has 1 aromatic carbocycles. The van der Waals surface area contributed by atoms with Crippen LogP contribution in [0.5, 0.6) is 5.75 Å². The number of hydrogen-bond acceptors (Lipinski definition) is 3. The highest BCUT2D eigenvalue weighted by Crippen LogP contribution is 2.26. The van der Waals surface area contributed by atoms with Crippen LogP contribution in [-0.2, 0) is 4.74 Å². The van der Waals surface area contributed by atoms with Crippen molar-refractivity contribution in [2.24, 2.45) is 5.73 Å². The average molecular weight is 253 g/mol. The van der Waals surface area contributed by atoms with Crippen LogP contribution in [-0.4, -0.2) is 18.8 Å². The Morgan fingerprint density at radius 2 is 2.28 bits per heavy atom. The molecule has 1 saturated heterocycles. The molecule has 0 bridgehead atoms. The van der Waals surface area contributed by atoms with Crippen LogP contribution in [0.2, 0.25) is 0 Å². The van der Waals surface area contributed by atoms with Gasteiger partial charge < -0.3 is 15.2 Å². The van der Waals surface area contributed by atoms with Gasteiger partial charge in [-0.05, 0) is 32.8 Å². The van der Waals surface area contributed by atoms with Gasteiger partial charge in [0, 0.05) is 17.7 Å². The zero-order valence-electron chi connectivity index (χ0n) is 10.9. The Bertz CT molecular complexity index is 409. The molecule has 1 aliphatic rings. The van der Waals surface area contributed by atoms with Crippen molar-refractivity contribution < 1.29 is 13.9 Å². The van der Waals surface area contributed by atoms with E-state index in [0.29, 0.717) is 18.5 Å². The van der Waals surface area contributed by atoms with Gasteiger partial charge in [-0.1, -0.05) is 6.07 Å². The Morgan fingerprint density at radius 3 is 2.89 bits per heavy atom. The van der Waals surface area contributed by atoms with Gasteiger partial charge in [0.05, 0.1) is 12.2 Å². The van der Waals surface area contributed by atoms with E-state index in [1.54, 1.807) is 6.07 Å². The zero-order valence-corrected chi connectivity index (χ0v) is 10.9. The number of hydrogen-bond donors (Lipinski definition) is 1. The Labute approximate surface area is 107 Å². The van der Waals surface area contributed by atoms with Crippen LogP contribution in [0.4, 0.5) is 4.39 Å². The molecule has 1 aliphatic heterocycles. The predicted molar refractivity (Wildman–Crippen MR) is 68.1 cm³/mol. The van der Waals surface area contributed by atoms with Crippen molar-refractivity contribution in [3.8, 4) is 5.75 Å². The minimum atomic E-state index is -0.310. The second-order valence-electron chi connectivity index (χ2n) is 4.93. The smallest absolute Gasteiger partial charge is 0.127 e. The van der Waals surface area contributed by atoms with E-state index in [4.69, 9.17) is 15.2 Å². The molecule has 2 unspecified atom stereocenters. The lowest BCUT2D eigenvalue weighted by molar-refractivity contribution is 0.0261. The molecule has 18 heavy (non-hydrogen) atoms. The molecule has 2 rings (SSSR count). The standard InChI is InChI=1S/C14H20FNO2/c1-9-3-5-12(18-9)8-17-14-7-11(15)4-6-13(14)10(2)16/h4,6-7,9-10,12H,3,5,8,16H2,1-2H3/t9?,10-,12?/m0/s1. The lowest BCUT2D eigenvalue weighted by Crippen LogP contribution is -2.19. The van der Waals surface area contributed by atoms with E-state index in [-0.39, 0.29) is 18.0 Å². The maximum Gasteiger partial charge on any atom is 0.127 e. The van der Waals surface area contributed by atoms with Gasteiger partial charge in [-0.2, -0.15) is 0 Å². The highest BCUT2D eigenvalue weighted by molar-refractivity contribution is 5.36. The van der Waals surface area contributed by atoms with Crippen LogP contribution >= 0.6 is 0 Å². The van der Waals surface area contributed by atoms with Crippen molar-refractivity contribution in [3.63, 3.8) is 0 Å². The summed E-state index contributed by atoms with van der Waals surface area (Å²) in [5, 5.41) is 0. The SMILES string of the molecule is CC1CCC(COc2cc(F)ccc2[C@H](C)N)O1. The van der Waals surface area contributed by atoms with Crippen molar-refractivity contribution in [2.45, 2.75) is 44.9 Å². The molecule has 0 saturated carbocycles. The number of rotatable bonds is 4. The first-order valence-corrected chi connectivity index (χ1v) is 6.39. The fourth-order valence-electron chi connectivity index (χ4n) is 2.20. The first kappa shape index (κ1) is 13.3. The van der Waals surface area contributed by atoms with E-state index in [2.05, 4.69) is 6.92 Å². The Kier molecular flexibility index (Phi) is 4.19. The number of benzene rings is 1. The normalized spacial score (nSPS) is 25.1. The van der Waals surface area contributed by atoms with E-state index in [0.717, 1.165) is 18.4 Å². The van der Waals surface area contributed by atoms with Crippen LogP contribution < -0.4 is 10.5 Å². The second-order valence-corrected chi connectivity index (χ2v) is 4.93. The first-order chi connectivity index (χ1) is 8.56. The third-order valence-corrected chi connectivity index (χ3v) is 3.21. The van der Waals surface area contributed by atoms with E-state index in [1.165, 1.54) is 12.1 Å². The highest BCUT2D eigenvalue weighted by atomic mass is 19.1. The summed E-state index contributed by atoms with van der Waals surface area (Å²) in [7, 11) is 0. The molecule has 0 radical (unpaired) electrons. The summed E-state index contributed by atoms with van der Waals surface area (Å²) >= 11 is 0. The Morgan fingerprint density at radius 1 is 1.50 bits per heavy atom. The van der Waals surface area contributed by atoms with Crippen LogP contribution in [0.15, 0.2) is 18.2 Å². The lowest BCUT2D eigenvalue weighted by Gasteiger charge is -2.17. The van der Waals surface area contributed by atoms with Crippen LogP contribution in [0.1, 0.15) is 38.3 Å². The van der Waals surface area contributed by atoms with Gasteiger partial charge in [-0.3, -0.25) is 0 Å². The zero-order chi connectivity index (χ0) is 13.1. The molecule has 1 heterocycles. The van der Waals surface area contributed by atoms with E-state index >= 15 is 0 Å². The van der Waals surface area contributed by atoms with Gasteiger partial charge in [0.15, 0.2) is 0 Å². The topological polar surface area (TPSA) is 44.5 Å². The Balaban J connectivity index is 2.01.